The number of nitrogens with one attached hydrogen (secondary N) is 1. The second-order valence-electron chi connectivity index (χ2n) is 8.25. The van der Waals surface area contributed by atoms with Crippen LogP contribution in [0.15, 0.2) is 66.7 Å². The second kappa shape index (κ2) is 9.51. The molecule has 0 spiro atoms. The number of carbonyl (C=O) groups is 1. The van der Waals surface area contributed by atoms with Crippen molar-refractivity contribution in [2.75, 3.05) is 44.4 Å². The molecule has 0 saturated carbocycles. The highest BCUT2D eigenvalue weighted by molar-refractivity contribution is 7.22. The van der Waals surface area contributed by atoms with Gasteiger partial charge in [0, 0.05) is 31.4 Å². The first-order chi connectivity index (χ1) is 15.4. The van der Waals surface area contributed by atoms with E-state index in [0.717, 1.165) is 50.8 Å². The fraction of sp³-hybridized carbons (Fsp3) is 0.231. The van der Waals surface area contributed by atoms with Crippen LogP contribution in [0.2, 0.25) is 0 Å². The molecule has 0 bridgehead atoms. The summed E-state index contributed by atoms with van der Waals surface area (Å²) in [6.45, 7) is 3.92. The van der Waals surface area contributed by atoms with Crippen LogP contribution in [0.3, 0.4) is 0 Å². The Labute approximate surface area is 193 Å². The number of hydrogen-bond donors (Lipinski definition) is 1. The molecule has 1 heterocycles. The number of aryl methyl sites for hydroxylation is 1. The standard InChI is InChI=1S/C26H28N4OS/c1-18-16-20(10-12-22(18)19-8-6-5-7-9-19)25(31)27-21-11-13-23-24(17-21)32-26(28-23)30(4)15-14-29(2)3/h5-13,16-17H,14-15H2,1-4H3,(H,27,31). The number of benzene rings is 3. The van der Waals surface area contributed by atoms with E-state index < -0.39 is 0 Å². The van der Waals surface area contributed by atoms with E-state index in [1.54, 1.807) is 11.3 Å². The Bertz CT molecular complexity index is 1230. The molecule has 0 saturated heterocycles. The zero-order valence-electron chi connectivity index (χ0n) is 18.9. The van der Waals surface area contributed by atoms with Crippen LogP contribution in [0, 0.1) is 6.92 Å². The highest BCUT2D eigenvalue weighted by atomic mass is 32.1. The van der Waals surface area contributed by atoms with Crippen molar-refractivity contribution in [3.05, 3.63) is 77.9 Å². The van der Waals surface area contributed by atoms with Gasteiger partial charge in [0.1, 0.15) is 0 Å². The number of carbonyl (C=O) groups excluding carboxylic acids is 1. The zero-order chi connectivity index (χ0) is 22.7. The molecule has 4 aromatic rings. The van der Waals surface area contributed by atoms with Gasteiger partial charge in [-0.25, -0.2) is 4.98 Å². The van der Waals surface area contributed by atoms with Crippen LogP contribution in [0.1, 0.15) is 15.9 Å². The molecule has 32 heavy (non-hydrogen) atoms. The molecule has 1 amide bonds. The lowest BCUT2D eigenvalue weighted by atomic mass is 9.98. The average molecular weight is 445 g/mol. The molecule has 0 radical (unpaired) electrons. The van der Waals surface area contributed by atoms with Crippen molar-refractivity contribution in [2.45, 2.75) is 6.92 Å². The molecule has 6 heteroatoms. The average Bonchev–Trinajstić information content (AvgIpc) is 3.21. The second-order valence-corrected chi connectivity index (χ2v) is 9.26. The van der Waals surface area contributed by atoms with Crippen LogP contribution < -0.4 is 10.2 Å². The molecule has 0 aliphatic carbocycles. The summed E-state index contributed by atoms with van der Waals surface area (Å²) in [6, 6.07) is 21.9. The van der Waals surface area contributed by atoms with Gasteiger partial charge >= 0.3 is 0 Å². The van der Waals surface area contributed by atoms with E-state index in [2.05, 4.69) is 48.4 Å². The predicted octanol–water partition coefficient (Wildman–Crippen LogP) is 5.52. The number of thiazole rings is 1. The summed E-state index contributed by atoms with van der Waals surface area (Å²) in [7, 11) is 6.20. The van der Waals surface area contributed by atoms with E-state index in [9.17, 15) is 4.79 Å². The van der Waals surface area contributed by atoms with Crippen molar-refractivity contribution in [3.8, 4) is 11.1 Å². The molecule has 164 valence electrons. The lowest BCUT2D eigenvalue weighted by Crippen LogP contribution is -2.28. The van der Waals surface area contributed by atoms with Gasteiger partial charge in [0.15, 0.2) is 5.13 Å². The Kier molecular flexibility index (Phi) is 6.53. The maximum Gasteiger partial charge on any atom is 0.255 e. The molecular weight excluding hydrogens is 416 g/mol. The van der Waals surface area contributed by atoms with Crippen molar-refractivity contribution < 1.29 is 4.79 Å². The van der Waals surface area contributed by atoms with Gasteiger partial charge < -0.3 is 15.1 Å². The van der Waals surface area contributed by atoms with Crippen molar-refractivity contribution in [1.29, 1.82) is 0 Å². The number of rotatable bonds is 7. The number of aromatic nitrogens is 1. The van der Waals surface area contributed by atoms with Crippen LogP contribution >= 0.6 is 11.3 Å². The Morgan fingerprint density at radius 3 is 2.47 bits per heavy atom. The summed E-state index contributed by atoms with van der Waals surface area (Å²) in [5.41, 5.74) is 5.74. The molecule has 0 fully saturated rings. The topological polar surface area (TPSA) is 48.5 Å². The monoisotopic (exact) mass is 444 g/mol. The Hall–Kier alpha value is -3.22. The number of nitrogens with zero attached hydrogens (tertiary/aromatic N) is 3. The molecule has 3 aromatic carbocycles. The Morgan fingerprint density at radius 1 is 0.969 bits per heavy atom. The molecular formula is C26H28N4OS. The number of amides is 1. The van der Waals surface area contributed by atoms with Gasteiger partial charge in [-0.15, -0.1) is 0 Å². The summed E-state index contributed by atoms with van der Waals surface area (Å²) < 4.78 is 1.06. The predicted molar refractivity (Wildman–Crippen MR) is 136 cm³/mol. The van der Waals surface area contributed by atoms with Crippen molar-refractivity contribution in [1.82, 2.24) is 9.88 Å². The first kappa shape index (κ1) is 22.0. The molecule has 1 aromatic heterocycles. The van der Waals surface area contributed by atoms with Crippen LogP contribution in [-0.2, 0) is 0 Å². The largest absolute Gasteiger partial charge is 0.350 e. The smallest absolute Gasteiger partial charge is 0.255 e. The SMILES string of the molecule is Cc1cc(C(=O)Nc2ccc3nc(N(C)CCN(C)C)sc3c2)ccc1-c1ccccc1. The van der Waals surface area contributed by atoms with E-state index in [4.69, 9.17) is 4.98 Å². The number of likely N-dealkylation sites (N-methyl/N-ethyl adjacent to an activating group) is 2. The minimum absolute atomic E-state index is 0.111. The van der Waals surface area contributed by atoms with Crippen molar-refractivity contribution in [2.24, 2.45) is 0 Å². The summed E-state index contributed by atoms with van der Waals surface area (Å²) in [5.74, 6) is -0.111. The highest BCUT2D eigenvalue weighted by Crippen LogP contribution is 2.30. The normalized spacial score (nSPS) is 11.2. The lowest BCUT2D eigenvalue weighted by molar-refractivity contribution is 0.102. The molecule has 0 unspecified atom stereocenters. The van der Waals surface area contributed by atoms with Crippen LogP contribution in [0.4, 0.5) is 10.8 Å². The van der Waals surface area contributed by atoms with E-state index in [1.807, 2.05) is 61.5 Å². The third-order valence-corrected chi connectivity index (χ3v) is 6.55. The summed E-state index contributed by atoms with van der Waals surface area (Å²) in [6.07, 6.45) is 0. The molecule has 5 nitrogen and oxygen atoms in total. The van der Waals surface area contributed by atoms with Crippen molar-refractivity contribution >= 4 is 38.3 Å². The maximum absolute atomic E-state index is 12.9. The molecule has 1 N–H and O–H groups in total. The lowest BCUT2D eigenvalue weighted by Gasteiger charge is -2.18. The third kappa shape index (κ3) is 4.98. The molecule has 4 rings (SSSR count). The van der Waals surface area contributed by atoms with E-state index in [1.165, 1.54) is 0 Å². The van der Waals surface area contributed by atoms with Gasteiger partial charge in [0.25, 0.3) is 5.91 Å². The van der Waals surface area contributed by atoms with Crippen LogP contribution in [0.5, 0.6) is 0 Å². The van der Waals surface area contributed by atoms with Gasteiger partial charge in [-0.3, -0.25) is 4.79 Å². The summed E-state index contributed by atoms with van der Waals surface area (Å²) >= 11 is 1.64. The maximum atomic E-state index is 12.9. The number of fused-ring (bicyclic) bond motifs is 1. The summed E-state index contributed by atoms with van der Waals surface area (Å²) in [5, 5.41) is 4.02. The van der Waals surface area contributed by atoms with Crippen LogP contribution in [-0.4, -0.2) is 50.0 Å². The molecule has 0 aliphatic rings. The van der Waals surface area contributed by atoms with Gasteiger partial charge in [-0.05, 0) is 68.0 Å². The highest BCUT2D eigenvalue weighted by Gasteiger charge is 2.12. The zero-order valence-corrected chi connectivity index (χ0v) is 19.7. The molecule has 0 atom stereocenters. The van der Waals surface area contributed by atoms with Crippen LogP contribution in [0.25, 0.3) is 21.3 Å². The molecule has 0 aliphatic heterocycles. The van der Waals surface area contributed by atoms with Gasteiger partial charge in [-0.1, -0.05) is 47.7 Å². The fourth-order valence-corrected chi connectivity index (χ4v) is 4.54. The van der Waals surface area contributed by atoms with Gasteiger partial charge in [0.05, 0.1) is 10.2 Å². The Balaban J connectivity index is 1.49. The summed E-state index contributed by atoms with van der Waals surface area (Å²) in [4.78, 5) is 21.9. The minimum atomic E-state index is -0.111. The minimum Gasteiger partial charge on any atom is -0.350 e. The third-order valence-electron chi connectivity index (χ3n) is 5.42. The quantitative estimate of drug-likeness (QED) is 0.408. The first-order valence-corrected chi connectivity index (χ1v) is 11.5. The fourth-order valence-electron chi connectivity index (χ4n) is 3.55. The number of hydrogen-bond acceptors (Lipinski definition) is 5. The Morgan fingerprint density at radius 2 is 1.75 bits per heavy atom. The van der Waals surface area contributed by atoms with Crippen molar-refractivity contribution in [3.63, 3.8) is 0 Å². The van der Waals surface area contributed by atoms with Gasteiger partial charge in [-0.2, -0.15) is 0 Å². The van der Waals surface area contributed by atoms with Gasteiger partial charge in [0.2, 0.25) is 0 Å². The van der Waals surface area contributed by atoms with E-state index in [0.29, 0.717) is 5.56 Å². The van der Waals surface area contributed by atoms with E-state index >= 15 is 0 Å². The van der Waals surface area contributed by atoms with E-state index in [-0.39, 0.29) is 5.91 Å². The first-order valence-electron chi connectivity index (χ1n) is 10.6. The number of anilines is 2.